The number of fused-ring (bicyclic) bond motifs is 1. The average Bonchev–Trinajstić information content (AvgIpc) is 2.70. The summed E-state index contributed by atoms with van der Waals surface area (Å²) in [7, 11) is 0. The monoisotopic (exact) mass is 236 g/mol. The second-order valence-electron chi connectivity index (χ2n) is 5.08. The van der Waals surface area contributed by atoms with E-state index in [1.807, 2.05) is 11.8 Å². The summed E-state index contributed by atoms with van der Waals surface area (Å²) in [5, 5.41) is 10.1. The molecule has 2 heteroatoms. The fourth-order valence-electron chi connectivity index (χ4n) is 2.24. The smallest absolute Gasteiger partial charge is 0.0485 e. The molecule has 0 radical (unpaired) electrons. The van der Waals surface area contributed by atoms with Crippen molar-refractivity contribution in [2.24, 2.45) is 5.41 Å². The Morgan fingerprint density at radius 2 is 2.19 bits per heavy atom. The number of benzene rings is 1. The molecule has 0 aromatic heterocycles. The predicted molar refractivity (Wildman–Crippen MR) is 69.9 cm³/mol. The van der Waals surface area contributed by atoms with Crippen LogP contribution in [0.2, 0.25) is 0 Å². The van der Waals surface area contributed by atoms with Gasteiger partial charge < -0.3 is 5.11 Å². The van der Waals surface area contributed by atoms with Crippen LogP contribution >= 0.6 is 11.8 Å². The Kier molecular flexibility index (Phi) is 3.60. The molecule has 16 heavy (non-hydrogen) atoms. The Balaban J connectivity index is 2.02. The number of aliphatic hydroxyl groups excluding tert-OH is 1. The van der Waals surface area contributed by atoms with E-state index in [0.29, 0.717) is 11.9 Å². The van der Waals surface area contributed by atoms with Crippen LogP contribution in [0.3, 0.4) is 0 Å². The number of rotatable bonds is 4. The lowest BCUT2D eigenvalue weighted by atomic mass is 9.82. The molecule has 1 aromatic carbocycles. The Labute approximate surface area is 102 Å². The first-order chi connectivity index (χ1) is 7.67. The summed E-state index contributed by atoms with van der Waals surface area (Å²) in [6.45, 7) is 4.66. The summed E-state index contributed by atoms with van der Waals surface area (Å²) < 4.78 is 0. The van der Waals surface area contributed by atoms with Crippen LogP contribution in [-0.2, 0) is 6.42 Å². The van der Waals surface area contributed by atoms with Crippen molar-refractivity contribution < 1.29 is 5.11 Å². The van der Waals surface area contributed by atoms with Crippen molar-refractivity contribution in [3.63, 3.8) is 0 Å². The molecular formula is C14H20OS. The highest BCUT2D eigenvalue weighted by atomic mass is 32.2. The van der Waals surface area contributed by atoms with Gasteiger partial charge in [0.1, 0.15) is 0 Å². The van der Waals surface area contributed by atoms with Gasteiger partial charge in [0.25, 0.3) is 0 Å². The lowest BCUT2D eigenvalue weighted by Crippen LogP contribution is -2.25. The van der Waals surface area contributed by atoms with E-state index in [1.54, 1.807) is 0 Å². The molecule has 0 spiro atoms. The Hall–Kier alpha value is -0.470. The lowest BCUT2D eigenvalue weighted by Gasteiger charge is -2.28. The Morgan fingerprint density at radius 1 is 1.44 bits per heavy atom. The second-order valence-corrected chi connectivity index (χ2v) is 6.42. The van der Waals surface area contributed by atoms with Crippen molar-refractivity contribution in [2.75, 3.05) is 6.61 Å². The van der Waals surface area contributed by atoms with Crippen molar-refractivity contribution in [2.45, 2.75) is 43.3 Å². The molecule has 0 saturated heterocycles. The SMILES string of the molecule is CCC(C)(CO)CC1Cc2ccccc2S1. The van der Waals surface area contributed by atoms with Gasteiger partial charge in [0.05, 0.1) is 0 Å². The maximum absolute atomic E-state index is 9.45. The maximum atomic E-state index is 9.45. The van der Waals surface area contributed by atoms with Crippen LogP contribution in [0.5, 0.6) is 0 Å². The summed E-state index contributed by atoms with van der Waals surface area (Å²) in [5.74, 6) is 0. The van der Waals surface area contributed by atoms with E-state index in [2.05, 4.69) is 38.1 Å². The minimum absolute atomic E-state index is 0.0969. The van der Waals surface area contributed by atoms with E-state index in [0.717, 1.165) is 19.3 Å². The molecule has 0 fully saturated rings. The summed E-state index contributed by atoms with van der Waals surface area (Å²) in [6, 6.07) is 8.67. The van der Waals surface area contributed by atoms with E-state index in [9.17, 15) is 5.11 Å². The van der Waals surface area contributed by atoms with Gasteiger partial charge in [0, 0.05) is 16.8 Å². The molecule has 1 nitrogen and oxygen atoms in total. The zero-order chi connectivity index (χ0) is 11.6. The van der Waals surface area contributed by atoms with Crippen molar-refractivity contribution >= 4 is 11.8 Å². The second kappa shape index (κ2) is 4.80. The highest BCUT2D eigenvalue weighted by Gasteiger charge is 2.30. The summed E-state index contributed by atoms with van der Waals surface area (Å²) in [6.07, 6.45) is 3.33. The first-order valence-electron chi connectivity index (χ1n) is 6.02. The molecule has 1 aliphatic heterocycles. The van der Waals surface area contributed by atoms with Crippen LogP contribution in [0, 0.1) is 5.41 Å². The first kappa shape index (κ1) is 12.0. The molecule has 0 bridgehead atoms. The third-order valence-corrected chi connectivity index (χ3v) is 4.99. The van der Waals surface area contributed by atoms with Gasteiger partial charge in [-0.2, -0.15) is 0 Å². The van der Waals surface area contributed by atoms with Gasteiger partial charge in [0.15, 0.2) is 0 Å². The third-order valence-electron chi connectivity index (χ3n) is 3.67. The molecule has 1 heterocycles. The zero-order valence-corrected chi connectivity index (χ0v) is 10.9. The molecule has 2 atom stereocenters. The van der Waals surface area contributed by atoms with Gasteiger partial charge in [0.2, 0.25) is 0 Å². The predicted octanol–water partition coefficient (Wildman–Crippen LogP) is 3.50. The molecule has 1 N–H and O–H groups in total. The average molecular weight is 236 g/mol. The largest absolute Gasteiger partial charge is 0.396 e. The van der Waals surface area contributed by atoms with Crippen molar-refractivity contribution in [1.29, 1.82) is 0 Å². The fourth-order valence-corrected chi connectivity index (χ4v) is 3.81. The van der Waals surface area contributed by atoms with Gasteiger partial charge in [-0.15, -0.1) is 11.8 Å². The molecule has 0 amide bonds. The highest BCUT2D eigenvalue weighted by molar-refractivity contribution is 8.00. The zero-order valence-electron chi connectivity index (χ0n) is 10.1. The Morgan fingerprint density at radius 3 is 2.81 bits per heavy atom. The van der Waals surface area contributed by atoms with Crippen LogP contribution < -0.4 is 0 Å². The Bertz CT molecular complexity index is 333. The molecule has 0 saturated carbocycles. The summed E-state index contributed by atoms with van der Waals surface area (Å²) in [5.41, 5.74) is 1.58. The molecule has 88 valence electrons. The number of hydrogen-bond donors (Lipinski definition) is 1. The molecule has 1 aliphatic rings. The molecular weight excluding hydrogens is 216 g/mol. The standard InChI is InChI=1S/C14H20OS/c1-3-14(2,10-15)9-12-8-11-6-4-5-7-13(11)16-12/h4-7,12,15H,3,8-10H2,1-2H3. The van der Waals surface area contributed by atoms with Gasteiger partial charge in [-0.05, 0) is 36.3 Å². The number of hydrogen-bond acceptors (Lipinski definition) is 2. The van der Waals surface area contributed by atoms with E-state index >= 15 is 0 Å². The molecule has 0 aliphatic carbocycles. The molecule has 2 rings (SSSR count). The third kappa shape index (κ3) is 2.44. The van der Waals surface area contributed by atoms with Crippen LogP contribution in [0.4, 0.5) is 0 Å². The summed E-state index contributed by atoms with van der Waals surface area (Å²) >= 11 is 1.98. The van der Waals surface area contributed by atoms with Gasteiger partial charge >= 0.3 is 0 Å². The summed E-state index contributed by atoms with van der Waals surface area (Å²) in [4.78, 5) is 1.43. The highest BCUT2D eigenvalue weighted by Crippen LogP contribution is 2.42. The van der Waals surface area contributed by atoms with E-state index < -0.39 is 0 Å². The van der Waals surface area contributed by atoms with Crippen LogP contribution in [0.15, 0.2) is 29.2 Å². The molecule has 2 unspecified atom stereocenters. The van der Waals surface area contributed by atoms with Crippen LogP contribution in [0.1, 0.15) is 32.3 Å². The van der Waals surface area contributed by atoms with Gasteiger partial charge in [-0.25, -0.2) is 0 Å². The van der Waals surface area contributed by atoms with E-state index in [1.165, 1.54) is 10.5 Å². The topological polar surface area (TPSA) is 20.2 Å². The van der Waals surface area contributed by atoms with Crippen molar-refractivity contribution in [3.05, 3.63) is 29.8 Å². The van der Waals surface area contributed by atoms with Crippen LogP contribution in [-0.4, -0.2) is 17.0 Å². The quantitative estimate of drug-likeness (QED) is 0.863. The first-order valence-corrected chi connectivity index (χ1v) is 6.90. The minimum atomic E-state index is 0.0969. The normalized spacial score (nSPS) is 22.8. The van der Waals surface area contributed by atoms with E-state index in [-0.39, 0.29) is 5.41 Å². The van der Waals surface area contributed by atoms with Crippen molar-refractivity contribution in [1.82, 2.24) is 0 Å². The fraction of sp³-hybridized carbons (Fsp3) is 0.571. The number of aliphatic hydroxyl groups is 1. The maximum Gasteiger partial charge on any atom is 0.0485 e. The van der Waals surface area contributed by atoms with Gasteiger partial charge in [-0.1, -0.05) is 32.0 Å². The van der Waals surface area contributed by atoms with Crippen molar-refractivity contribution in [3.8, 4) is 0 Å². The lowest BCUT2D eigenvalue weighted by molar-refractivity contribution is 0.128. The van der Waals surface area contributed by atoms with E-state index in [4.69, 9.17) is 0 Å². The minimum Gasteiger partial charge on any atom is -0.396 e. The number of thioether (sulfide) groups is 1. The van der Waals surface area contributed by atoms with Gasteiger partial charge in [-0.3, -0.25) is 0 Å². The van der Waals surface area contributed by atoms with Crippen LogP contribution in [0.25, 0.3) is 0 Å². The molecule has 1 aromatic rings.